The van der Waals surface area contributed by atoms with Crippen molar-refractivity contribution in [1.29, 1.82) is 0 Å². The Morgan fingerprint density at radius 1 is 1.32 bits per heavy atom. The van der Waals surface area contributed by atoms with E-state index in [-0.39, 0.29) is 10.8 Å². The summed E-state index contributed by atoms with van der Waals surface area (Å²) in [6, 6.07) is 5.14. The Bertz CT molecular complexity index is 563. The number of nitrogens with zero attached hydrogens (tertiary/aromatic N) is 2. The van der Waals surface area contributed by atoms with Gasteiger partial charge in [0.25, 0.3) is 10.0 Å². The van der Waals surface area contributed by atoms with E-state index in [1.165, 1.54) is 13.4 Å². The molecular weight excluding hydrogens is 264 g/mol. The van der Waals surface area contributed by atoms with Crippen molar-refractivity contribution in [2.45, 2.75) is 24.7 Å². The maximum absolute atomic E-state index is 12.2. The summed E-state index contributed by atoms with van der Waals surface area (Å²) in [6.45, 7) is 4.00. The van der Waals surface area contributed by atoms with E-state index in [4.69, 9.17) is 4.74 Å². The van der Waals surface area contributed by atoms with Crippen molar-refractivity contribution in [3.05, 3.63) is 23.8 Å². The van der Waals surface area contributed by atoms with E-state index in [1.54, 1.807) is 31.1 Å². The smallest absolute Gasteiger partial charge is 0.287 e. The number of hydrogen-bond donors (Lipinski definition) is 0. The summed E-state index contributed by atoms with van der Waals surface area (Å²) < 4.78 is 33.1. The molecule has 0 aromatic heterocycles. The lowest BCUT2D eigenvalue weighted by atomic mass is 10.0. The van der Waals surface area contributed by atoms with Gasteiger partial charge in [-0.1, -0.05) is 19.9 Å². The van der Waals surface area contributed by atoms with Gasteiger partial charge in [-0.2, -0.15) is 8.42 Å². The lowest BCUT2D eigenvalue weighted by Gasteiger charge is -2.11. The third kappa shape index (κ3) is 3.96. The molecule has 0 aliphatic rings. The molecule has 0 heterocycles. The Hall–Kier alpha value is -1.56. The molecule has 0 saturated heterocycles. The Morgan fingerprint density at radius 3 is 2.42 bits per heavy atom. The SMILES string of the molecule is COc1ccc(C(C)C)cc1S(=O)(=O)N=CN(C)C. The van der Waals surface area contributed by atoms with Gasteiger partial charge in [0.1, 0.15) is 17.0 Å². The van der Waals surface area contributed by atoms with E-state index in [0.29, 0.717) is 5.75 Å². The van der Waals surface area contributed by atoms with Crippen LogP contribution < -0.4 is 4.74 Å². The zero-order chi connectivity index (χ0) is 14.6. The molecule has 0 aliphatic heterocycles. The highest BCUT2D eigenvalue weighted by atomic mass is 32.2. The van der Waals surface area contributed by atoms with Crippen LogP contribution in [0.1, 0.15) is 25.3 Å². The third-order valence-corrected chi connectivity index (χ3v) is 3.80. The number of hydrogen-bond acceptors (Lipinski definition) is 3. The Labute approximate surface area is 115 Å². The first kappa shape index (κ1) is 15.5. The largest absolute Gasteiger partial charge is 0.495 e. The van der Waals surface area contributed by atoms with Crippen LogP contribution in [0.25, 0.3) is 0 Å². The Morgan fingerprint density at radius 2 is 1.95 bits per heavy atom. The standard InChI is InChI=1S/C13H20N2O3S/c1-10(2)11-6-7-12(18-5)13(8-11)19(16,17)14-9-15(3)4/h6-10H,1-5H3. The number of benzene rings is 1. The minimum Gasteiger partial charge on any atom is -0.495 e. The second-order valence-corrected chi connectivity index (χ2v) is 6.33. The average molecular weight is 284 g/mol. The monoisotopic (exact) mass is 284 g/mol. The van der Waals surface area contributed by atoms with Crippen molar-refractivity contribution >= 4 is 16.4 Å². The molecule has 0 bridgehead atoms. The molecule has 5 nitrogen and oxygen atoms in total. The Balaban J connectivity index is 3.34. The summed E-state index contributed by atoms with van der Waals surface area (Å²) in [7, 11) is 1.11. The topological polar surface area (TPSA) is 59.0 Å². The van der Waals surface area contributed by atoms with Crippen LogP contribution in [0.2, 0.25) is 0 Å². The molecule has 0 atom stereocenters. The minimum absolute atomic E-state index is 0.0966. The zero-order valence-corrected chi connectivity index (χ0v) is 12.7. The summed E-state index contributed by atoms with van der Waals surface area (Å²) in [5.41, 5.74) is 0.930. The maximum Gasteiger partial charge on any atom is 0.287 e. The van der Waals surface area contributed by atoms with Crippen LogP contribution >= 0.6 is 0 Å². The van der Waals surface area contributed by atoms with Crippen LogP contribution in [0, 0.1) is 0 Å². The second-order valence-electron chi connectivity index (χ2n) is 4.72. The van der Waals surface area contributed by atoms with Crippen LogP contribution in [0.15, 0.2) is 27.5 Å². The quantitative estimate of drug-likeness (QED) is 0.613. The molecule has 19 heavy (non-hydrogen) atoms. The van der Waals surface area contributed by atoms with Gasteiger partial charge in [0.05, 0.1) is 7.11 Å². The molecule has 1 rings (SSSR count). The normalized spacial score (nSPS) is 12.1. The number of sulfonamides is 1. The Kier molecular flexibility index (Phi) is 4.94. The molecule has 6 heteroatoms. The number of ether oxygens (including phenoxy) is 1. The van der Waals surface area contributed by atoms with Gasteiger partial charge in [-0.25, -0.2) is 0 Å². The van der Waals surface area contributed by atoms with E-state index in [0.717, 1.165) is 5.56 Å². The molecule has 1 aromatic carbocycles. The minimum atomic E-state index is -3.75. The fraction of sp³-hybridized carbons (Fsp3) is 0.462. The molecular formula is C13H20N2O3S. The van der Waals surface area contributed by atoms with E-state index < -0.39 is 10.0 Å². The van der Waals surface area contributed by atoms with Gasteiger partial charge in [0.15, 0.2) is 0 Å². The van der Waals surface area contributed by atoms with Gasteiger partial charge in [0.2, 0.25) is 0 Å². The predicted octanol–water partition coefficient (Wildman–Crippen LogP) is 2.10. The molecule has 106 valence electrons. The molecule has 0 spiro atoms. The molecule has 0 fully saturated rings. The lowest BCUT2D eigenvalue weighted by molar-refractivity contribution is 0.402. The van der Waals surface area contributed by atoms with Gasteiger partial charge in [-0.15, -0.1) is 4.40 Å². The molecule has 0 amide bonds. The van der Waals surface area contributed by atoms with Gasteiger partial charge in [-0.3, -0.25) is 0 Å². The van der Waals surface area contributed by atoms with Gasteiger partial charge in [-0.05, 0) is 23.6 Å². The van der Waals surface area contributed by atoms with Crippen molar-refractivity contribution in [3.8, 4) is 5.75 Å². The van der Waals surface area contributed by atoms with E-state index in [9.17, 15) is 8.42 Å². The van der Waals surface area contributed by atoms with Crippen LogP contribution in [-0.2, 0) is 10.0 Å². The highest BCUT2D eigenvalue weighted by molar-refractivity contribution is 7.90. The molecule has 0 unspecified atom stereocenters. The van der Waals surface area contributed by atoms with E-state index in [1.807, 2.05) is 19.9 Å². The van der Waals surface area contributed by atoms with E-state index >= 15 is 0 Å². The van der Waals surface area contributed by atoms with Crippen molar-refractivity contribution in [2.24, 2.45) is 4.40 Å². The highest BCUT2D eigenvalue weighted by Gasteiger charge is 2.19. The first-order chi connectivity index (χ1) is 8.77. The van der Waals surface area contributed by atoms with Crippen molar-refractivity contribution in [3.63, 3.8) is 0 Å². The van der Waals surface area contributed by atoms with Gasteiger partial charge in [0, 0.05) is 14.1 Å². The third-order valence-electron chi connectivity index (χ3n) is 2.55. The maximum atomic E-state index is 12.2. The van der Waals surface area contributed by atoms with Gasteiger partial charge >= 0.3 is 0 Å². The van der Waals surface area contributed by atoms with Crippen molar-refractivity contribution < 1.29 is 13.2 Å². The lowest BCUT2D eigenvalue weighted by Crippen LogP contribution is -2.10. The molecule has 0 N–H and O–H groups in total. The summed E-state index contributed by atoms with van der Waals surface area (Å²) >= 11 is 0. The van der Waals surface area contributed by atoms with Gasteiger partial charge < -0.3 is 9.64 Å². The van der Waals surface area contributed by atoms with Crippen molar-refractivity contribution in [2.75, 3.05) is 21.2 Å². The fourth-order valence-corrected chi connectivity index (χ4v) is 2.58. The predicted molar refractivity (Wildman–Crippen MR) is 76.4 cm³/mol. The number of methoxy groups -OCH3 is 1. The average Bonchev–Trinajstić information content (AvgIpc) is 2.35. The zero-order valence-electron chi connectivity index (χ0n) is 11.9. The highest BCUT2D eigenvalue weighted by Crippen LogP contribution is 2.29. The molecule has 0 saturated carbocycles. The second kappa shape index (κ2) is 6.06. The van der Waals surface area contributed by atoms with Crippen LogP contribution in [0.3, 0.4) is 0 Å². The van der Waals surface area contributed by atoms with Crippen LogP contribution in [0.5, 0.6) is 5.75 Å². The first-order valence-corrected chi connectivity index (χ1v) is 7.36. The van der Waals surface area contributed by atoms with Crippen LogP contribution in [0.4, 0.5) is 0 Å². The summed E-state index contributed by atoms with van der Waals surface area (Å²) in [5.74, 6) is 0.540. The molecule has 1 aromatic rings. The van der Waals surface area contributed by atoms with Crippen LogP contribution in [-0.4, -0.2) is 40.9 Å². The molecule has 0 aliphatic carbocycles. The number of rotatable bonds is 5. The first-order valence-electron chi connectivity index (χ1n) is 5.92. The summed E-state index contributed by atoms with van der Waals surface area (Å²) in [6.07, 6.45) is 1.26. The molecule has 0 radical (unpaired) electrons. The fourth-order valence-electron chi connectivity index (χ4n) is 1.47. The van der Waals surface area contributed by atoms with Crippen molar-refractivity contribution in [1.82, 2.24) is 4.90 Å². The summed E-state index contributed by atoms with van der Waals surface area (Å²) in [4.78, 5) is 1.66. The van der Waals surface area contributed by atoms with E-state index in [2.05, 4.69) is 4.40 Å². The summed E-state index contributed by atoms with van der Waals surface area (Å²) in [5, 5.41) is 0.